The van der Waals surface area contributed by atoms with Crippen LogP contribution in [-0.4, -0.2) is 60.2 Å². The predicted octanol–water partition coefficient (Wildman–Crippen LogP) is 1.34. The van der Waals surface area contributed by atoms with Gasteiger partial charge in [-0.3, -0.25) is 4.99 Å². The van der Waals surface area contributed by atoms with Crippen molar-refractivity contribution in [3.05, 3.63) is 29.8 Å². The molecular formula is C18H29N3O4S. The summed E-state index contributed by atoms with van der Waals surface area (Å²) in [5.74, 6) is 0.705. The zero-order chi connectivity index (χ0) is 18.8. The summed E-state index contributed by atoms with van der Waals surface area (Å²) >= 11 is 0. The third-order valence-electron chi connectivity index (χ3n) is 4.12. The number of aliphatic imine (C=N–C) groups is 1. The molecule has 0 spiro atoms. The fourth-order valence-electron chi connectivity index (χ4n) is 2.63. The van der Waals surface area contributed by atoms with E-state index < -0.39 is 9.84 Å². The standard InChI is InChI=1S/C18H29N3O4S/c1-19-18(20-10-4-11-24-14-16-5-3-12-25-16)21-13-15-6-8-17(9-7-15)26(2,22)23/h6-9,16H,3-5,10-14H2,1-2H3,(H2,19,20,21). The van der Waals surface area contributed by atoms with Gasteiger partial charge in [0.1, 0.15) is 0 Å². The van der Waals surface area contributed by atoms with Crippen LogP contribution in [0.3, 0.4) is 0 Å². The molecule has 0 aliphatic carbocycles. The number of ether oxygens (including phenoxy) is 2. The van der Waals surface area contributed by atoms with Crippen LogP contribution in [-0.2, 0) is 25.9 Å². The first-order valence-corrected chi connectivity index (χ1v) is 10.8. The number of sulfone groups is 1. The molecule has 1 saturated heterocycles. The highest BCUT2D eigenvalue weighted by atomic mass is 32.2. The second-order valence-corrected chi connectivity index (χ2v) is 8.35. The molecule has 1 atom stereocenters. The molecule has 8 heteroatoms. The van der Waals surface area contributed by atoms with Gasteiger partial charge in [-0.2, -0.15) is 0 Å². The summed E-state index contributed by atoms with van der Waals surface area (Å²) in [4.78, 5) is 4.50. The van der Waals surface area contributed by atoms with E-state index >= 15 is 0 Å². The van der Waals surface area contributed by atoms with Crippen LogP contribution in [0.1, 0.15) is 24.8 Å². The van der Waals surface area contributed by atoms with E-state index in [1.807, 2.05) is 0 Å². The Morgan fingerprint density at radius 1 is 1.31 bits per heavy atom. The molecular weight excluding hydrogens is 354 g/mol. The van der Waals surface area contributed by atoms with Gasteiger partial charge in [0, 0.05) is 39.6 Å². The number of rotatable bonds is 9. The molecule has 0 radical (unpaired) electrons. The fourth-order valence-corrected chi connectivity index (χ4v) is 3.26. The Hall–Kier alpha value is -1.64. The summed E-state index contributed by atoms with van der Waals surface area (Å²) in [5.41, 5.74) is 0.986. The maximum atomic E-state index is 11.5. The van der Waals surface area contributed by atoms with Crippen molar-refractivity contribution in [1.29, 1.82) is 0 Å². The van der Waals surface area contributed by atoms with Crippen LogP contribution >= 0.6 is 0 Å². The maximum absolute atomic E-state index is 11.5. The molecule has 1 aromatic rings. The van der Waals surface area contributed by atoms with Crippen molar-refractivity contribution in [2.75, 3.05) is 39.7 Å². The molecule has 1 aliphatic rings. The van der Waals surface area contributed by atoms with Gasteiger partial charge in [-0.05, 0) is 37.0 Å². The van der Waals surface area contributed by atoms with E-state index in [-0.39, 0.29) is 6.10 Å². The van der Waals surface area contributed by atoms with E-state index in [9.17, 15) is 8.42 Å². The highest BCUT2D eigenvalue weighted by Gasteiger charge is 2.14. The van der Waals surface area contributed by atoms with Gasteiger partial charge in [-0.1, -0.05) is 12.1 Å². The smallest absolute Gasteiger partial charge is 0.191 e. The van der Waals surface area contributed by atoms with Crippen molar-refractivity contribution in [2.45, 2.75) is 36.8 Å². The van der Waals surface area contributed by atoms with Crippen LogP contribution < -0.4 is 10.6 Å². The Bertz CT molecular complexity index is 668. The van der Waals surface area contributed by atoms with Crippen LogP contribution in [0, 0.1) is 0 Å². The Balaban J connectivity index is 1.61. The van der Waals surface area contributed by atoms with Crippen LogP contribution in [0.4, 0.5) is 0 Å². The molecule has 0 aromatic heterocycles. The summed E-state index contributed by atoms with van der Waals surface area (Å²) in [5, 5.41) is 6.44. The van der Waals surface area contributed by atoms with Gasteiger partial charge in [0.05, 0.1) is 17.6 Å². The van der Waals surface area contributed by atoms with Crippen LogP contribution in [0.5, 0.6) is 0 Å². The average Bonchev–Trinajstić information content (AvgIpc) is 3.13. The van der Waals surface area contributed by atoms with Crippen molar-refractivity contribution in [2.24, 2.45) is 4.99 Å². The molecule has 2 N–H and O–H groups in total. The molecule has 1 aliphatic heterocycles. The summed E-state index contributed by atoms with van der Waals surface area (Å²) in [6.45, 7) is 3.55. The molecule has 1 heterocycles. The van der Waals surface area contributed by atoms with Crippen molar-refractivity contribution in [3.8, 4) is 0 Å². The van der Waals surface area contributed by atoms with Gasteiger partial charge in [-0.15, -0.1) is 0 Å². The van der Waals surface area contributed by atoms with Crippen molar-refractivity contribution >= 4 is 15.8 Å². The minimum absolute atomic E-state index is 0.270. The van der Waals surface area contributed by atoms with E-state index in [0.717, 1.165) is 38.0 Å². The monoisotopic (exact) mass is 383 g/mol. The van der Waals surface area contributed by atoms with Gasteiger partial charge in [0.2, 0.25) is 0 Å². The van der Waals surface area contributed by atoms with Gasteiger partial charge >= 0.3 is 0 Å². The van der Waals surface area contributed by atoms with Gasteiger partial charge < -0.3 is 20.1 Å². The second-order valence-electron chi connectivity index (χ2n) is 6.33. The third-order valence-corrected chi connectivity index (χ3v) is 5.25. The summed E-state index contributed by atoms with van der Waals surface area (Å²) in [7, 11) is -1.44. The predicted molar refractivity (Wildman–Crippen MR) is 102 cm³/mol. The van der Waals surface area contributed by atoms with Crippen LogP contribution in [0.25, 0.3) is 0 Å². The SMILES string of the molecule is CN=C(NCCCOCC1CCCO1)NCc1ccc(S(C)(=O)=O)cc1. The molecule has 0 bridgehead atoms. The molecule has 146 valence electrons. The molecule has 0 amide bonds. The summed E-state index contributed by atoms with van der Waals surface area (Å²) in [6.07, 6.45) is 4.59. The first kappa shape index (κ1) is 20.7. The first-order chi connectivity index (χ1) is 12.5. The number of nitrogens with one attached hydrogen (secondary N) is 2. The topological polar surface area (TPSA) is 89.0 Å². The summed E-state index contributed by atoms with van der Waals surface area (Å²) in [6, 6.07) is 6.84. The minimum atomic E-state index is -3.16. The Morgan fingerprint density at radius 2 is 2.08 bits per heavy atom. The lowest BCUT2D eigenvalue weighted by Gasteiger charge is -2.13. The van der Waals surface area contributed by atoms with Crippen molar-refractivity contribution in [1.82, 2.24) is 10.6 Å². The normalized spacial score (nSPS) is 18.1. The number of hydrogen-bond acceptors (Lipinski definition) is 5. The Morgan fingerprint density at radius 3 is 2.69 bits per heavy atom. The van der Waals surface area contributed by atoms with E-state index in [1.54, 1.807) is 31.3 Å². The van der Waals surface area contributed by atoms with Gasteiger partial charge in [0.25, 0.3) is 0 Å². The first-order valence-electron chi connectivity index (χ1n) is 8.92. The largest absolute Gasteiger partial charge is 0.379 e. The third kappa shape index (κ3) is 7.31. The van der Waals surface area contributed by atoms with Crippen LogP contribution in [0.2, 0.25) is 0 Å². The second kappa shape index (κ2) is 10.5. The van der Waals surface area contributed by atoms with E-state index in [1.165, 1.54) is 6.26 Å². The average molecular weight is 384 g/mol. The molecule has 2 rings (SSSR count). The van der Waals surface area contributed by atoms with Gasteiger partial charge in [-0.25, -0.2) is 8.42 Å². The molecule has 1 aromatic carbocycles. The van der Waals surface area contributed by atoms with Gasteiger partial charge in [0.15, 0.2) is 15.8 Å². The zero-order valence-electron chi connectivity index (χ0n) is 15.5. The molecule has 1 fully saturated rings. The molecule has 0 saturated carbocycles. The number of benzene rings is 1. The lowest BCUT2D eigenvalue weighted by molar-refractivity contribution is 0.0168. The highest BCUT2D eigenvalue weighted by Crippen LogP contribution is 2.12. The van der Waals surface area contributed by atoms with Crippen molar-refractivity contribution < 1.29 is 17.9 Å². The van der Waals surface area contributed by atoms with Crippen molar-refractivity contribution in [3.63, 3.8) is 0 Å². The Labute approximate surface area is 156 Å². The zero-order valence-corrected chi connectivity index (χ0v) is 16.3. The quantitative estimate of drug-likeness (QED) is 0.380. The number of nitrogens with zero attached hydrogens (tertiary/aromatic N) is 1. The maximum Gasteiger partial charge on any atom is 0.191 e. The fraction of sp³-hybridized carbons (Fsp3) is 0.611. The van der Waals surface area contributed by atoms with Crippen LogP contribution in [0.15, 0.2) is 34.2 Å². The van der Waals surface area contributed by atoms with E-state index in [2.05, 4.69) is 15.6 Å². The lowest BCUT2D eigenvalue weighted by atomic mass is 10.2. The molecule has 1 unspecified atom stereocenters. The van der Waals surface area contributed by atoms with E-state index in [4.69, 9.17) is 9.47 Å². The Kier molecular flexibility index (Phi) is 8.34. The van der Waals surface area contributed by atoms with E-state index in [0.29, 0.717) is 30.6 Å². The lowest BCUT2D eigenvalue weighted by Crippen LogP contribution is -2.37. The summed E-state index contributed by atoms with van der Waals surface area (Å²) < 4.78 is 34.1. The molecule has 7 nitrogen and oxygen atoms in total. The molecule has 26 heavy (non-hydrogen) atoms. The number of hydrogen-bond donors (Lipinski definition) is 2. The highest BCUT2D eigenvalue weighted by molar-refractivity contribution is 7.90. The minimum Gasteiger partial charge on any atom is -0.379 e. The number of guanidine groups is 1.